The molecule has 0 saturated carbocycles. The summed E-state index contributed by atoms with van der Waals surface area (Å²) in [6.45, 7) is 2.51. The van der Waals surface area contributed by atoms with Crippen molar-refractivity contribution in [2.75, 3.05) is 6.61 Å². The monoisotopic (exact) mass is 222 g/mol. The molecule has 0 atom stereocenters. The van der Waals surface area contributed by atoms with E-state index in [1.165, 1.54) is 0 Å². The van der Waals surface area contributed by atoms with Crippen molar-refractivity contribution >= 4 is 11.6 Å². The Hall–Kier alpha value is -1.48. The van der Waals surface area contributed by atoms with Gasteiger partial charge in [0.25, 0.3) is 0 Å². The topological polar surface area (TPSA) is 37.9 Å². The van der Waals surface area contributed by atoms with Crippen molar-refractivity contribution in [3.63, 3.8) is 0 Å². The van der Waals surface area contributed by atoms with Crippen molar-refractivity contribution in [3.8, 4) is 17.0 Å². The predicted molar refractivity (Wildman–Crippen MR) is 60.2 cm³/mol. The van der Waals surface area contributed by atoms with Crippen LogP contribution in [-0.2, 0) is 0 Å². The molecule has 1 aromatic carbocycles. The summed E-state index contributed by atoms with van der Waals surface area (Å²) in [5.74, 6) is 0.589. The number of hydrogen-bond donors (Lipinski definition) is 1. The summed E-state index contributed by atoms with van der Waals surface area (Å²) in [5, 5.41) is 7.49. The minimum atomic E-state index is 0.586. The highest BCUT2D eigenvalue weighted by Crippen LogP contribution is 2.32. The number of halogens is 1. The summed E-state index contributed by atoms with van der Waals surface area (Å²) >= 11 is 6.09. The molecule has 0 aliphatic heterocycles. The van der Waals surface area contributed by atoms with Gasteiger partial charge in [-0.05, 0) is 13.0 Å². The molecule has 0 aliphatic rings. The number of aromatic amines is 1. The van der Waals surface area contributed by atoms with Gasteiger partial charge in [-0.15, -0.1) is 5.10 Å². The molecule has 0 fully saturated rings. The number of nitrogens with zero attached hydrogens (tertiary/aromatic N) is 1. The molecule has 0 spiro atoms. The Labute approximate surface area is 93.0 Å². The smallest absolute Gasteiger partial charge is 0.240 e. The zero-order chi connectivity index (χ0) is 10.7. The lowest BCUT2D eigenvalue weighted by Gasteiger charge is -2.04. The van der Waals surface area contributed by atoms with Crippen LogP contribution in [0.1, 0.15) is 6.92 Å². The number of nitrogens with one attached hydrogen (secondary N) is 1. The van der Waals surface area contributed by atoms with E-state index in [0.29, 0.717) is 17.5 Å². The highest BCUT2D eigenvalue weighted by atomic mass is 35.5. The molecule has 3 nitrogen and oxygen atoms in total. The highest BCUT2D eigenvalue weighted by molar-refractivity contribution is 6.33. The van der Waals surface area contributed by atoms with Crippen molar-refractivity contribution in [2.45, 2.75) is 6.92 Å². The summed E-state index contributed by atoms with van der Waals surface area (Å²) in [4.78, 5) is 0. The van der Waals surface area contributed by atoms with Crippen molar-refractivity contribution < 1.29 is 4.74 Å². The Kier molecular flexibility index (Phi) is 2.92. The summed E-state index contributed by atoms with van der Waals surface area (Å²) in [6.07, 6.45) is 1.78. The number of H-pyrrole nitrogens is 1. The Balaban J connectivity index is 2.45. The van der Waals surface area contributed by atoms with Gasteiger partial charge in [-0.2, -0.15) is 0 Å². The molecule has 78 valence electrons. The van der Waals surface area contributed by atoms with Gasteiger partial charge in [0, 0.05) is 16.8 Å². The third-order valence-corrected chi connectivity index (χ3v) is 2.38. The zero-order valence-corrected chi connectivity index (χ0v) is 9.08. The second-order valence-corrected chi connectivity index (χ2v) is 3.42. The van der Waals surface area contributed by atoms with Gasteiger partial charge in [0.2, 0.25) is 5.88 Å². The van der Waals surface area contributed by atoms with Gasteiger partial charge in [0.1, 0.15) is 0 Å². The second kappa shape index (κ2) is 4.36. The third-order valence-electron chi connectivity index (χ3n) is 2.05. The first kappa shape index (κ1) is 10.1. The van der Waals surface area contributed by atoms with E-state index in [1.807, 2.05) is 31.2 Å². The van der Waals surface area contributed by atoms with Gasteiger partial charge in [-0.25, -0.2) is 0 Å². The fraction of sp³-hybridized carbons (Fsp3) is 0.182. The molecule has 0 bridgehead atoms. The lowest BCUT2D eigenvalue weighted by molar-refractivity contribution is 0.327. The average Bonchev–Trinajstić information content (AvgIpc) is 2.67. The third kappa shape index (κ3) is 1.97. The first-order valence-electron chi connectivity index (χ1n) is 4.74. The Morgan fingerprint density at radius 2 is 2.13 bits per heavy atom. The maximum Gasteiger partial charge on any atom is 0.240 e. The van der Waals surface area contributed by atoms with Crippen LogP contribution in [0.5, 0.6) is 5.88 Å². The summed E-state index contributed by atoms with van der Waals surface area (Å²) in [7, 11) is 0. The van der Waals surface area contributed by atoms with Crippen molar-refractivity contribution in [3.05, 3.63) is 35.5 Å². The van der Waals surface area contributed by atoms with E-state index in [9.17, 15) is 0 Å². The van der Waals surface area contributed by atoms with Crippen molar-refractivity contribution in [1.29, 1.82) is 0 Å². The fourth-order valence-electron chi connectivity index (χ4n) is 1.40. The lowest BCUT2D eigenvalue weighted by Crippen LogP contribution is -1.93. The van der Waals surface area contributed by atoms with Crippen molar-refractivity contribution in [1.82, 2.24) is 10.2 Å². The Bertz CT molecular complexity index is 453. The maximum atomic E-state index is 6.09. The van der Waals surface area contributed by atoms with Crippen LogP contribution in [0, 0.1) is 0 Å². The molecular weight excluding hydrogens is 212 g/mol. The van der Waals surface area contributed by atoms with Crippen LogP contribution in [0.3, 0.4) is 0 Å². The average molecular weight is 223 g/mol. The van der Waals surface area contributed by atoms with Gasteiger partial charge >= 0.3 is 0 Å². The second-order valence-electron chi connectivity index (χ2n) is 3.02. The number of ether oxygens (including phenoxy) is 1. The van der Waals surface area contributed by atoms with E-state index in [0.717, 1.165) is 11.1 Å². The van der Waals surface area contributed by atoms with E-state index in [4.69, 9.17) is 16.3 Å². The molecule has 4 heteroatoms. The lowest BCUT2D eigenvalue weighted by atomic mass is 10.1. The first-order valence-corrected chi connectivity index (χ1v) is 5.12. The van der Waals surface area contributed by atoms with Crippen LogP contribution in [0.15, 0.2) is 30.5 Å². The van der Waals surface area contributed by atoms with Crippen LogP contribution in [0.2, 0.25) is 5.02 Å². The van der Waals surface area contributed by atoms with Crippen molar-refractivity contribution in [2.24, 2.45) is 0 Å². The molecule has 0 aliphatic carbocycles. The van der Waals surface area contributed by atoms with E-state index < -0.39 is 0 Å². The summed E-state index contributed by atoms with van der Waals surface area (Å²) < 4.78 is 5.39. The van der Waals surface area contributed by atoms with Gasteiger partial charge in [0.05, 0.1) is 12.2 Å². The molecule has 0 saturated heterocycles. The van der Waals surface area contributed by atoms with E-state index in [-0.39, 0.29) is 0 Å². The molecule has 0 unspecified atom stereocenters. The number of aromatic nitrogens is 2. The van der Waals surface area contributed by atoms with Crippen LogP contribution in [-0.4, -0.2) is 16.8 Å². The van der Waals surface area contributed by atoms with Gasteiger partial charge < -0.3 is 4.74 Å². The fourth-order valence-corrected chi connectivity index (χ4v) is 1.63. The first-order chi connectivity index (χ1) is 7.33. The highest BCUT2D eigenvalue weighted by Gasteiger charge is 2.11. The van der Waals surface area contributed by atoms with Crippen LogP contribution in [0.25, 0.3) is 11.1 Å². The number of hydrogen-bond acceptors (Lipinski definition) is 2. The zero-order valence-electron chi connectivity index (χ0n) is 8.33. The molecule has 0 amide bonds. The molecule has 1 heterocycles. The van der Waals surface area contributed by atoms with Gasteiger partial charge in [-0.3, -0.25) is 5.10 Å². The van der Waals surface area contributed by atoms with Crippen LogP contribution < -0.4 is 4.74 Å². The summed E-state index contributed by atoms with van der Waals surface area (Å²) in [6, 6.07) is 7.62. The Morgan fingerprint density at radius 1 is 1.33 bits per heavy atom. The molecule has 2 aromatic rings. The van der Waals surface area contributed by atoms with E-state index >= 15 is 0 Å². The normalized spacial score (nSPS) is 10.3. The molecule has 0 radical (unpaired) electrons. The quantitative estimate of drug-likeness (QED) is 0.867. The minimum Gasteiger partial charge on any atom is -0.476 e. The van der Waals surface area contributed by atoms with Gasteiger partial charge in [0.15, 0.2) is 0 Å². The summed E-state index contributed by atoms with van der Waals surface area (Å²) in [5.41, 5.74) is 1.82. The number of benzene rings is 1. The Morgan fingerprint density at radius 3 is 2.87 bits per heavy atom. The molecular formula is C11H11ClN2O. The molecule has 15 heavy (non-hydrogen) atoms. The minimum absolute atomic E-state index is 0.586. The van der Waals surface area contributed by atoms with E-state index in [1.54, 1.807) is 6.20 Å². The SMILES string of the molecule is CCOc1n[nH]cc1-c1ccccc1Cl. The standard InChI is InChI=1S/C11H11ClN2O/c1-2-15-11-9(7-13-14-11)8-5-3-4-6-10(8)12/h3-7H,2H2,1H3,(H,13,14). The maximum absolute atomic E-state index is 6.09. The van der Waals surface area contributed by atoms with Crippen LogP contribution in [0.4, 0.5) is 0 Å². The van der Waals surface area contributed by atoms with Gasteiger partial charge in [-0.1, -0.05) is 29.8 Å². The molecule has 2 rings (SSSR count). The van der Waals surface area contributed by atoms with E-state index in [2.05, 4.69) is 10.2 Å². The van der Waals surface area contributed by atoms with Crippen LogP contribution >= 0.6 is 11.6 Å². The largest absolute Gasteiger partial charge is 0.476 e. The molecule has 1 aromatic heterocycles. The number of rotatable bonds is 3. The molecule has 1 N–H and O–H groups in total. The predicted octanol–water partition coefficient (Wildman–Crippen LogP) is 3.13.